The zero-order valence-electron chi connectivity index (χ0n) is 10.8. The van der Waals surface area contributed by atoms with Crippen molar-refractivity contribution in [2.24, 2.45) is 0 Å². The third-order valence-electron chi connectivity index (χ3n) is 2.90. The van der Waals surface area contributed by atoms with Gasteiger partial charge in [-0.15, -0.1) is 0 Å². The highest BCUT2D eigenvalue weighted by Crippen LogP contribution is 2.25. The summed E-state index contributed by atoms with van der Waals surface area (Å²) in [6.45, 7) is 0. The van der Waals surface area contributed by atoms with Crippen molar-refractivity contribution in [1.29, 1.82) is 5.26 Å². The quantitative estimate of drug-likeness (QED) is 0.739. The molecule has 0 aliphatic carbocycles. The molecule has 2 aromatic heterocycles. The Morgan fingerprint density at radius 3 is 2.81 bits per heavy atom. The molecule has 0 aliphatic rings. The maximum atomic E-state index is 8.86. The van der Waals surface area contributed by atoms with Gasteiger partial charge in [0, 0.05) is 11.8 Å². The van der Waals surface area contributed by atoms with Gasteiger partial charge in [-0.25, -0.2) is 0 Å². The highest BCUT2D eigenvalue weighted by atomic mass is 35.5. The minimum Gasteiger partial charge on any atom is -0.334 e. The number of hydrogen-bond donors (Lipinski definition) is 0. The minimum atomic E-state index is 0.285. The molecule has 3 aromatic rings. The lowest BCUT2D eigenvalue weighted by Gasteiger charge is -2.00. The molecule has 0 saturated carbocycles. The maximum absolute atomic E-state index is 8.86. The van der Waals surface area contributed by atoms with Crippen LogP contribution in [0.2, 0.25) is 5.02 Å². The fourth-order valence-electron chi connectivity index (χ4n) is 1.91. The van der Waals surface area contributed by atoms with E-state index < -0.39 is 0 Å². The first-order chi connectivity index (χ1) is 10.3. The van der Waals surface area contributed by atoms with E-state index >= 15 is 0 Å². The van der Waals surface area contributed by atoms with Crippen LogP contribution in [-0.2, 0) is 6.42 Å². The largest absolute Gasteiger partial charge is 0.334 e. The van der Waals surface area contributed by atoms with Crippen LogP contribution in [0, 0.1) is 11.3 Å². The zero-order chi connectivity index (χ0) is 14.7. The highest BCUT2D eigenvalue weighted by Gasteiger charge is 2.14. The third kappa shape index (κ3) is 2.76. The summed E-state index contributed by atoms with van der Waals surface area (Å²) in [5.74, 6) is 0.751. The summed E-state index contributed by atoms with van der Waals surface area (Å²) in [5, 5.41) is 13.3. The van der Waals surface area contributed by atoms with E-state index in [1.807, 2.05) is 24.3 Å². The summed E-state index contributed by atoms with van der Waals surface area (Å²) in [6.07, 6.45) is 1.81. The predicted octanol–water partition coefficient (Wildman–Crippen LogP) is 3.52. The van der Waals surface area contributed by atoms with E-state index in [0.29, 0.717) is 22.4 Å². The Labute approximate surface area is 125 Å². The van der Waals surface area contributed by atoms with Crippen molar-refractivity contribution >= 4 is 11.6 Å². The number of benzene rings is 1. The van der Waals surface area contributed by atoms with E-state index in [1.54, 1.807) is 12.1 Å². The van der Waals surface area contributed by atoms with Gasteiger partial charge in [0.2, 0.25) is 5.82 Å². The number of nitrogens with zero attached hydrogens (tertiary/aromatic N) is 4. The molecule has 0 spiro atoms. The number of pyridine rings is 1. The van der Waals surface area contributed by atoms with E-state index in [0.717, 1.165) is 11.1 Å². The monoisotopic (exact) mass is 296 g/mol. The Hall–Kier alpha value is -2.71. The molecule has 3 rings (SSSR count). The van der Waals surface area contributed by atoms with Crippen LogP contribution in [0.4, 0.5) is 0 Å². The average molecular weight is 297 g/mol. The average Bonchev–Trinajstić information content (AvgIpc) is 2.99. The molecule has 0 unspecified atom stereocenters. The predicted molar refractivity (Wildman–Crippen MR) is 77.3 cm³/mol. The molecule has 0 saturated heterocycles. The van der Waals surface area contributed by atoms with Gasteiger partial charge in [0.15, 0.2) is 0 Å². The van der Waals surface area contributed by atoms with Crippen LogP contribution in [0.15, 0.2) is 47.1 Å². The molecule has 0 amide bonds. The second kappa shape index (κ2) is 5.73. The smallest absolute Gasteiger partial charge is 0.258 e. The lowest BCUT2D eigenvalue weighted by Crippen LogP contribution is -1.89. The van der Waals surface area contributed by atoms with Gasteiger partial charge in [-0.2, -0.15) is 10.2 Å². The lowest BCUT2D eigenvalue weighted by molar-refractivity contribution is 0.432. The van der Waals surface area contributed by atoms with Gasteiger partial charge in [0.05, 0.1) is 17.5 Å². The van der Waals surface area contributed by atoms with Gasteiger partial charge in [0.1, 0.15) is 5.69 Å². The molecule has 102 valence electrons. The fourth-order valence-corrected chi connectivity index (χ4v) is 2.03. The van der Waals surface area contributed by atoms with Crippen LogP contribution in [0.5, 0.6) is 0 Å². The number of halogens is 1. The van der Waals surface area contributed by atoms with Crippen LogP contribution in [0.3, 0.4) is 0 Å². The van der Waals surface area contributed by atoms with Crippen molar-refractivity contribution in [3.05, 3.63) is 53.2 Å². The van der Waals surface area contributed by atoms with Crippen LogP contribution < -0.4 is 0 Å². The van der Waals surface area contributed by atoms with Crippen LogP contribution in [-0.4, -0.2) is 15.1 Å². The third-order valence-corrected chi connectivity index (χ3v) is 3.12. The Morgan fingerprint density at radius 1 is 1.19 bits per heavy atom. The number of hydrogen-bond acceptors (Lipinski definition) is 5. The second-order valence-electron chi connectivity index (χ2n) is 4.28. The first-order valence-corrected chi connectivity index (χ1v) is 6.56. The normalized spacial score (nSPS) is 10.3. The summed E-state index contributed by atoms with van der Waals surface area (Å²) < 4.78 is 5.28. The van der Waals surface area contributed by atoms with Crippen molar-refractivity contribution < 1.29 is 4.52 Å². The Morgan fingerprint density at radius 2 is 2.05 bits per heavy atom. The molecule has 0 bridgehead atoms. The molecule has 2 heterocycles. The standard InChI is InChI=1S/C15H9ClN4O/c16-11-5-6-13(18-9-11)14-19-15(21-20-14)12-4-2-1-3-10(12)7-8-17/h1-6,9H,7H2. The first kappa shape index (κ1) is 13.3. The molecular formula is C15H9ClN4O. The molecule has 0 aliphatic heterocycles. The summed E-state index contributed by atoms with van der Waals surface area (Å²) >= 11 is 5.80. The van der Waals surface area contributed by atoms with Gasteiger partial charge in [-0.3, -0.25) is 4.98 Å². The van der Waals surface area contributed by atoms with Crippen molar-refractivity contribution in [3.8, 4) is 29.0 Å². The Balaban J connectivity index is 1.99. The van der Waals surface area contributed by atoms with Crippen LogP contribution in [0.25, 0.3) is 23.0 Å². The van der Waals surface area contributed by atoms with E-state index in [1.165, 1.54) is 6.20 Å². The van der Waals surface area contributed by atoms with Crippen molar-refractivity contribution in [3.63, 3.8) is 0 Å². The summed E-state index contributed by atoms with van der Waals surface area (Å²) in [6, 6.07) is 13.0. The van der Waals surface area contributed by atoms with Crippen LogP contribution >= 0.6 is 11.6 Å². The Kier molecular flexibility index (Phi) is 3.63. The SMILES string of the molecule is N#CCc1ccccc1-c1nc(-c2ccc(Cl)cn2)no1. The molecule has 6 heteroatoms. The number of nitriles is 1. The molecule has 1 aromatic carbocycles. The summed E-state index contributed by atoms with van der Waals surface area (Å²) in [7, 11) is 0. The van der Waals surface area contributed by atoms with Gasteiger partial charge >= 0.3 is 0 Å². The molecule has 0 N–H and O–H groups in total. The zero-order valence-corrected chi connectivity index (χ0v) is 11.6. The van der Waals surface area contributed by atoms with Crippen molar-refractivity contribution in [1.82, 2.24) is 15.1 Å². The molecule has 0 fully saturated rings. The number of rotatable bonds is 3. The van der Waals surface area contributed by atoms with Gasteiger partial charge < -0.3 is 4.52 Å². The van der Waals surface area contributed by atoms with Crippen LogP contribution in [0.1, 0.15) is 5.56 Å². The van der Waals surface area contributed by atoms with E-state index in [9.17, 15) is 0 Å². The second-order valence-corrected chi connectivity index (χ2v) is 4.71. The van der Waals surface area contributed by atoms with E-state index in [2.05, 4.69) is 21.2 Å². The minimum absolute atomic E-state index is 0.285. The number of aromatic nitrogens is 3. The van der Waals surface area contributed by atoms with Crippen molar-refractivity contribution in [2.45, 2.75) is 6.42 Å². The van der Waals surface area contributed by atoms with Gasteiger partial charge in [-0.05, 0) is 23.8 Å². The first-order valence-electron chi connectivity index (χ1n) is 6.19. The molecule has 0 atom stereocenters. The van der Waals surface area contributed by atoms with E-state index in [4.69, 9.17) is 21.4 Å². The lowest BCUT2D eigenvalue weighted by atomic mass is 10.1. The molecular weight excluding hydrogens is 288 g/mol. The maximum Gasteiger partial charge on any atom is 0.258 e. The Bertz CT molecular complexity index is 805. The summed E-state index contributed by atoms with van der Waals surface area (Å²) in [5.41, 5.74) is 2.18. The van der Waals surface area contributed by atoms with E-state index in [-0.39, 0.29) is 6.42 Å². The van der Waals surface area contributed by atoms with Crippen molar-refractivity contribution in [2.75, 3.05) is 0 Å². The molecule has 5 nitrogen and oxygen atoms in total. The molecule has 0 radical (unpaired) electrons. The highest BCUT2D eigenvalue weighted by molar-refractivity contribution is 6.30. The van der Waals surface area contributed by atoms with Gasteiger partial charge in [-0.1, -0.05) is 35.0 Å². The van der Waals surface area contributed by atoms with Gasteiger partial charge in [0.25, 0.3) is 5.89 Å². The topological polar surface area (TPSA) is 75.6 Å². The summed E-state index contributed by atoms with van der Waals surface area (Å²) in [4.78, 5) is 8.48. The fraction of sp³-hybridized carbons (Fsp3) is 0.0667. The molecule has 21 heavy (non-hydrogen) atoms.